The number of carbonyl (C=O) groups is 2. The van der Waals surface area contributed by atoms with Crippen LogP contribution in [0.5, 0.6) is 5.75 Å². The van der Waals surface area contributed by atoms with Gasteiger partial charge in [-0.25, -0.2) is 0 Å². The lowest BCUT2D eigenvalue weighted by atomic mass is 10.1. The van der Waals surface area contributed by atoms with Crippen molar-refractivity contribution in [3.8, 4) is 5.75 Å². The number of halogens is 1. The van der Waals surface area contributed by atoms with Crippen molar-refractivity contribution in [1.82, 2.24) is 0 Å². The van der Waals surface area contributed by atoms with Gasteiger partial charge in [-0.2, -0.15) is 0 Å². The van der Waals surface area contributed by atoms with Gasteiger partial charge in [-0.1, -0.05) is 11.6 Å². The van der Waals surface area contributed by atoms with E-state index in [1.165, 1.54) is 0 Å². The number of nitrogens with one attached hydrogen (secondary N) is 2. The smallest absolute Gasteiger partial charge is 0.262 e. The SMILES string of the molecule is CN(C)c1ccc(Cl)cc1NC(=O)c1ccc2c(c1)OCC(=O)N2. The van der Waals surface area contributed by atoms with E-state index in [4.69, 9.17) is 16.3 Å². The van der Waals surface area contributed by atoms with Crippen LogP contribution in [0.15, 0.2) is 36.4 Å². The van der Waals surface area contributed by atoms with E-state index in [1.54, 1.807) is 30.3 Å². The molecule has 2 aromatic carbocycles. The molecule has 124 valence electrons. The summed E-state index contributed by atoms with van der Waals surface area (Å²) >= 11 is 6.03. The summed E-state index contributed by atoms with van der Waals surface area (Å²) < 4.78 is 5.34. The van der Waals surface area contributed by atoms with Crippen LogP contribution in [0, 0.1) is 0 Å². The van der Waals surface area contributed by atoms with Crippen molar-refractivity contribution in [3.05, 3.63) is 47.0 Å². The zero-order valence-corrected chi connectivity index (χ0v) is 14.0. The summed E-state index contributed by atoms with van der Waals surface area (Å²) in [6, 6.07) is 10.2. The summed E-state index contributed by atoms with van der Waals surface area (Å²) in [6.45, 7) is -0.0584. The fraction of sp³-hybridized carbons (Fsp3) is 0.176. The highest BCUT2D eigenvalue weighted by Crippen LogP contribution is 2.31. The Labute approximate surface area is 144 Å². The number of amides is 2. The molecule has 3 rings (SSSR count). The van der Waals surface area contributed by atoms with E-state index >= 15 is 0 Å². The van der Waals surface area contributed by atoms with Gasteiger partial charge in [0.2, 0.25) is 0 Å². The summed E-state index contributed by atoms with van der Waals surface area (Å²) in [5.41, 5.74) is 2.44. The number of fused-ring (bicyclic) bond motifs is 1. The molecule has 2 N–H and O–H groups in total. The molecule has 0 atom stereocenters. The van der Waals surface area contributed by atoms with Crippen LogP contribution in [0.3, 0.4) is 0 Å². The number of ether oxygens (including phenoxy) is 1. The van der Waals surface area contributed by atoms with Crippen molar-refractivity contribution in [1.29, 1.82) is 0 Å². The van der Waals surface area contributed by atoms with Gasteiger partial charge in [-0.15, -0.1) is 0 Å². The first kappa shape index (κ1) is 16.1. The minimum absolute atomic E-state index is 0.0584. The lowest BCUT2D eigenvalue weighted by Crippen LogP contribution is -2.25. The van der Waals surface area contributed by atoms with E-state index in [-0.39, 0.29) is 18.4 Å². The maximum Gasteiger partial charge on any atom is 0.262 e. The van der Waals surface area contributed by atoms with Crippen LogP contribution in [-0.2, 0) is 4.79 Å². The van der Waals surface area contributed by atoms with Crippen LogP contribution in [0.25, 0.3) is 0 Å². The summed E-state index contributed by atoms with van der Waals surface area (Å²) in [6.07, 6.45) is 0. The van der Waals surface area contributed by atoms with Crippen molar-refractivity contribution in [2.24, 2.45) is 0 Å². The molecule has 2 aromatic rings. The lowest BCUT2D eigenvalue weighted by molar-refractivity contribution is -0.118. The number of nitrogens with zero attached hydrogens (tertiary/aromatic N) is 1. The highest BCUT2D eigenvalue weighted by Gasteiger charge is 2.18. The maximum atomic E-state index is 12.5. The van der Waals surface area contributed by atoms with E-state index in [2.05, 4.69) is 10.6 Å². The van der Waals surface area contributed by atoms with Gasteiger partial charge >= 0.3 is 0 Å². The molecule has 0 unspecified atom stereocenters. The average Bonchev–Trinajstić information content (AvgIpc) is 2.54. The van der Waals surface area contributed by atoms with Crippen LogP contribution in [0.2, 0.25) is 5.02 Å². The molecule has 0 aromatic heterocycles. The molecule has 1 aliphatic rings. The fourth-order valence-corrected chi connectivity index (χ4v) is 2.58. The predicted molar refractivity (Wildman–Crippen MR) is 94.3 cm³/mol. The number of rotatable bonds is 3. The summed E-state index contributed by atoms with van der Waals surface area (Å²) in [4.78, 5) is 25.7. The molecule has 7 heteroatoms. The topological polar surface area (TPSA) is 70.7 Å². The monoisotopic (exact) mass is 345 g/mol. The molecule has 1 heterocycles. The number of hydrogen-bond donors (Lipinski definition) is 2. The summed E-state index contributed by atoms with van der Waals surface area (Å²) in [5, 5.41) is 6.08. The summed E-state index contributed by atoms with van der Waals surface area (Å²) in [5.74, 6) is -0.0286. The minimum Gasteiger partial charge on any atom is -0.482 e. The Morgan fingerprint density at radius 3 is 2.79 bits per heavy atom. The average molecular weight is 346 g/mol. The second-order valence-corrected chi connectivity index (χ2v) is 5.99. The Morgan fingerprint density at radius 2 is 2.04 bits per heavy atom. The molecule has 0 aliphatic carbocycles. The lowest BCUT2D eigenvalue weighted by Gasteiger charge is -2.20. The zero-order valence-electron chi connectivity index (χ0n) is 13.2. The first-order valence-electron chi connectivity index (χ1n) is 7.29. The van der Waals surface area contributed by atoms with E-state index in [1.807, 2.05) is 25.1 Å². The highest BCUT2D eigenvalue weighted by molar-refractivity contribution is 6.31. The van der Waals surface area contributed by atoms with Crippen LogP contribution in [-0.4, -0.2) is 32.5 Å². The molecule has 2 amide bonds. The second kappa shape index (κ2) is 6.41. The molecule has 0 fully saturated rings. The zero-order chi connectivity index (χ0) is 17.3. The largest absolute Gasteiger partial charge is 0.482 e. The van der Waals surface area contributed by atoms with Gasteiger partial charge in [-0.3, -0.25) is 9.59 Å². The first-order valence-corrected chi connectivity index (χ1v) is 7.67. The molecule has 6 nitrogen and oxygen atoms in total. The van der Waals surface area contributed by atoms with E-state index < -0.39 is 0 Å². The Kier molecular flexibility index (Phi) is 4.31. The molecule has 0 bridgehead atoms. The molecule has 1 aliphatic heterocycles. The molecule has 0 saturated carbocycles. The van der Waals surface area contributed by atoms with Crippen LogP contribution >= 0.6 is 11.6 Å². The van der Waals surface area contributed by atoms with Gasteiger partial charge in [0.1, 0.15) is 5.75 Å². The predicted octanol–water partition coefficient (Wildman–Crippen LogP) is 2.99. The van der Waals surface area contributed by atoms with E-state index in [0.717, 1.165) is 5.69 Å². The van der Waals surface area contributed by atoms with Crippen molar-refractivity contribution in [2.45, 2.75) is 0 Å². The second-order valence-electron chi connectivity index (χ2n) is 5.56. The Balaban J connectivity index is 1.86. The van der Waals surface area contributed by atoms with Crippen molar-refractivity contribution < 1.29 is 14.3 Å². The molecule has 0 radical (unpaired) electrons. The number of hydrogen-bond acceptors (Lipinski definition) is 4. The number of carbonyl (C=O) groups excluding carboxylic acids is 2. The van der Waals surface area contributed by atoms with Crippen molar-refractivity contribution in [3.63, 3.8) is 0 Å². The molecular formula is C17H16ClN3O3. The molecule has 0 saturated heterocycles. The van der Waals surface area contributed by atoms with Gasteiger partial charge in [0.25, 0.3) is 11.8 Å². The first-order chi connectivity index (χ1) is 11.4. The van der Waals surface area contributed by atoms with E-state index in [0.29, 0.717) is 27.7 Å². The van der Waals surface area contributed by atoms with Gasteiger partial charge in [0.15, 0.2) is 6.61 Å². The van der Waals surface area contributed by atoms with Gasteiger partial charge in [-0.05, 0) is 36.4 Å². The Bertz CT molecular complexity index is 821. The third-order valence-electron chi connectivity index (χ3n) is 3.57. The van der Waals surface area contributed by atoms with Gasteiger partial charge < -0.3 is 20.3 Å². The maximum absolute atomic E-state index is 12.5. The van der Waals surface area contributed by atoms with Crippen LogP contribution in [0.1, 0.15) is 10.4 Å². The summed E-state index contributed by atoms with van der Waals surface area (Å²) in [7, 11) is 3.77. The molecule has 0 spiro atoms. The van der Waals surface area contributed by atoms with Crippen molar-refractivity contribution >= 4 is 40.5 Å². The van der Waals surface area contributed by atoms with Gasteiger partial charge in [0, 0.05) is 24.7 Å². The molecule has 24 heavy (non-hydrogen) atoms. The molecular weight excluding hydrogens is 330 g/mol. The third-order valence-corrected chi connectivity index (χ3v) is 3.80. The van der Waals surface area contributed by atoms with E-state index in [9.17, 15) is 9.59 Å². The normalized spacial score (nSPS) is 12.7. The minimum atomic E-state index is -0.288. The number of benzene rings is 2. The van der Waals surface area contributed by atoms with Gasteiger partial charge in [0.05, 0.1) is 17.1 Å². The highest BCUT2D eigenvalue weighted by atomic mass is 35.5. The van der Waals surface area contributed by atoms with Crippen LogP contribution < -0.4 is 20.3 Å². The van der Waals surface area contributed by atoms with Crippen molar-refractivity contribution in [2.75, 3.05) is 36.2 Å². The third kappa shape index (κ3) is 3.28. The quantitative estimate of drug-likeness (QED) is 0.897. The number of anilines is 3. The Hall–Kier alpha value is -2.73. The standard InChI is InChI=1S/C17H16ClN3O3/c1-21(2)14-6-4-11(18)8-13(14)20-17(23)10-3-5-12-15(7-10)24-9-16(22)19-12/h3-8H,9H2,1-2H3,(H,19,22)(H,20,23). The van der Waals surface area contributed by atoms with Crippen LogP contribution in [0.4, 0.5) is 17.1 Å². The Morgan fingerprint density at radius 1 is 1.25 bits per heavy atom. The fourth-order valence-electron chi connectivity index (χ4n) is 2.41.